The zero-order valence-electron chi connectivity index (χ0n) is 10.8. The molecule has 1 unspecified atom stereocenters. The van der Waals surface area contributed by atoms with E-state index < -0.39 is 0 Å². The van der Waals surface area contributed by atoms with Crippen LogP contribution in [0.4, 0.5) is 0 Å². The Hall–Kier alpha value is -0.970. The molecule has 5 heteroatoms. The van der Waals surface area contributed by atoms with Crippen LogP contribution in [0.1, 0.15) is 12.0 Å². The molecule has 0 bridgehead atoms. The van der Waals surface area contributed by atoms with Crippen molar-refractivity contribution in [1.29, 1.82) is 0 Å². The maximum Gasteiger partial charge on any atom is 0.0637 e. The molecule has 102 valence electrons. The largest absolute Gasteiger partial charge is 0.392 e. The van der Waals surface area contributed by atoms with Crippen LogP contribution in [0.3, 0.4) is 0 Å². The summed E-state index contributed by atoms with van der Waals surface area (Å²) in [6.07, 6.45) is 5.14. The van der Waals surface area contributed by atoms with Gasteiger partial charge in [0.15, 0.2) is 0 Å². The van der Waals surface area contributed by atoms with Gasteiger partial charge in [0, 0.05) is 28.9 Å². The van der Waals surface area contributed by atoms with E-state index >= 15 is 0 Å². The molecule has 1 atom stereocenters. The van der Waals surface area contributed by atoms with Gasteiger partial charge in [0.1, 0.15) is 0 Å². The van der Waals surface area contributed by atoms with Crippen molar-refractivity contribution in [3.63, 3.8) is 0 Å². The molecule has 0 spiro atoms. The number of aliphatic hydroxyl groups excluding tert-OH is 1. The molecule has 0 saturated carbocycles. The fourth-order valence-electron chi connectivity index (χ4n) is 1.74. The Kier molecular flexibility index (Phi) is 5.31. The summed E-state index contributed by atoms with van der Waals surface area (Å²) in [6.45, 7) is 0. The van der Waals surface area contributed by atoms with Crippen molar-refractivity contribution in [3.8, 4) is 0 Å². The molecule has 2 rings (SSSR count). The zero-order chi connectivity index (χ0) is 13.7. The van der Waals surface area contributed by atoms with Crippen LogP contribution in [0.2, 0.25) is 5.02 Å². The summed E-state index contributed by atoms with van der Waals surface area (Å²) in [5.41, 5.74) is 1.16. The quantitative estimate of drug-likeness (QED) is 0.832. The molecule has 0 aliphatic carbocycles. The van der Waals surface area contributed by atoms with Gasteiger partial charge in [0.25, 0.3) is 0 Å². The van der Waals surface area contributed by atoms with Crippen molar-refractivity contribution >= 4 is 23.4 Å². The molecule has 1 N–H and O–H groups in total. The maximum absolute atomic E-state index is 9.96. The first-order valence-electron chi connectivity index (χ1n) is 6.17. The van der Waals surface area contributed by atoms with Gasteiger partial charge in [-0.05, 0) is 42.7 Å². The van der Waals surface area contributed by atoms with Gasteiger partial charge in [-0.3, -0.25) is 4.68 Å². The molecule has 0 amide bonds. The van der Waals surface area contributed by atoms with E-state index in [2.05, 4.69) is 5.10 Å². The minimum Gasteiger partial charge on any atom is -0.392 e. The molecule has 1 heterocycles. The topological polar surface area (TPSA) is 38.0 Å². The minimum absolute atomic E-state index is 0.305. The number of hydrogen-bond acceptors (Lipinski definition) is 3. The standard InChI is InChI=1S/C14H17ClN2OS/c1-17-9-11(8-16-17)2-5-13(18)10-19-14-6-3-12(15)4-7-14/h3-4,6-9,13,18H,2,5,10H2,1H3. The lowest BCUT2D eigenvalue weighted by Crippen LogP contribution is -2.10. The molecule has 1 aromatic heterocycles. The molecular weight excluding hydrogens is 280 g/mol. The number of halogens is 1. The van der Waals surface area contributed by atoms with Gasteiger partial charge in [-0.1, -0.05) is 11.6 Å². The normalized spacial score (nSPS) is 12.6. The number of hydrogen-bond donors (Lipinski definition) is 1. The van der Waals surface area contributed by atoms with E-state index in [1.54, 1.807) is 16.4 Å². The first kappa shape index (κ1) is 14.4. The van der Waals surface area contributed by atoms with Crippen LogP contribution >= 0.6 is 23.4 Å². The van der Waals surface area contributed by atoms with Gasteiger partial charge in [-0.2, -0.15) is 5.10 Å². The van der Waals surface area contributed by atoms with E-state index in [0.29, 0.717) is 5.75 Å². The van der Waals surface area contributed by atoms with Crippen molar-refractivity contribution in [2.75, 3.05) is 5.75 Å². The number of benzene rings is 1. The summed E-state index contributed by atoms with van der Waals surface area (Å²) in [7, 11) is 1.90. The molecule has 0 aliphatic rings. The first-order valence-corrected chi connectivity index (χ1v) is 7.54. The molecule has 3 nitrogen and oxygen atoms in total. The third-order valence-corrected chi connectivity index (χ3v) is 4.19. The highest BCUT2D eigenvalue weighted by Crippen LogP contribution is 2.22. The highest BCUT2D eigenvalue weighted by molar-refractivity contribution is 7.99. The highest BCUT2D eigenvalue weighted by atomic mass is 35.5. The van der Waals surface area contributed by atoms with Crippen molar-refractivity contribution < 1.29 is 5.11 Å². The molecular formula is C14H17ClN2OS. The number of nitrogens with zero attached hydrogens (tertiary/aromatic N) is 2. The van der Waals surface area contributed by atoms with Crippen molar-refractivity contribution in [1.82, 2.24) is 9.78 Å². The van der Waals surface area contributed by atoms with Crippen LogP contribution < -0.4 is 0 Å². The lowest BCUT2D eigenvalue weighted by atomic mass is 10.1. The van der Waals surface area contributed by atoms with Crippen LogP contribution in [0.15, 0.2) is 41.6 Å². The van der Waals surface area contributed by atoms with Crippen LogP contribution in [-0.2, 0) is 13.5 Å². The van der Waals surface area contributed by atoms with E-state index in [1.807, 2.05) is 43.7 Å². The van der Waals surface area contributed by atoms with Gasteiger partial charge in [0.05, 0.1) is 12.3 Å². The highest BCUT2D eigenvalue weighted by Gasteiger charge is 2.06. The maximum atomic E-state index is 9.96. The van der Waals surface area contributed by atoms with Gasteiger partial charge in [-0.25, -0.2) is 0 Å². The Balaban J connectivity index is 1.72. The van der Waals surface area contributed by atoms with Crippen molar-refractivity contribution in [3.05, 3.63) is 47.2 Å². The fourth-order valence-corrected chi connectivity index (χ4v) is 2.75. The van der Waals surface area contributed by atoms with E-state index in [9.17, 15) is 5.11 Å². The predicted octanol–water partition coefficient (Wildman–Crippen LogP) is 3.16. The average molecular weight is 297 g/mol. The van der Waals surface area contributed by atoms with Gasteiger partial charge in [0.2, 0.25) is 0 Å². The fraction of sp³-hybridized carbons (Fsp3) is 0.357. The number of rotatable bonds is 6. The summed E-state index contributed by atoms with van der Waals surface area (Å²) in [6, 6.07) is 7.68. The van der Waals surface area contributed by atoms with Gasteiger partial charge < -0.3 is 5.11 Å². The van der Waals surface area contributed by atoms with Crippen LogP contribution in [0, 0.1) is 0 Å². The molecule has 2 aromatic rings. The minimum atomic E-state index is -0.305. The predicted molar refractivity (Wildman–Crippen MR) is 79.7 cm³/mol. The van der Waals surface area contributed by atoms with Crippen LogP contribution in [0.5, 0.6) is 0 Å². The Morgan fingerprint density at radius 3 is 2.74 bits per heavy atom. The number of aryl methyl sites for hydroxylation is 2. The third-order valence-electron chi connectivity index (χ3n) is 2.78. The first-order chi connectivity index (χ1) is 9.13. The number of aromatic nitrogens is 2. The van der Waals surface area contributed by atoms with Crippen molar-refractivity contribution in [2.45, 2.75) is 23.8 Å². The summed E-state index contributed by atoms with van der Waals surface area (Å²) < 4.78 is 1.78. The molecule has 0 aliphatic heterocycles. The van der Waals surface area contributed by atoms with E-state index in [4.69, 9.17) is 11.6 Å². The Labute approximate surface area is 122 Å². The summed E-state index contributed by atoms with van der Waals surface area (Å²) in [5.74, 6) is 0.696. The molecule has 1 aromatic carbocycles. The Morgan fingerprint density at radius 2 is 2.11 bits per heavy atom. The smallest absolute Gasteiger partial charge is 0.0637 e. The third kappa shape index (κ3) is 4.90. The van der Waals surface area contributed by atoms with Gasteiger partial charge in [-0.15, -0.1) is 11.8 Å². The van der Waals surface area contributed by atoms with Crippen LogP contribution in [0.25, 0.3) is 0 Å². The molecule has 0 fully saturated rings. The Morgan fingerprint density at radius 1 is 1.37 bits per heavy atom. The van der Waals surface area contributed by atoms with E-state index in [1.165, 1.54) is 0 Å². The number of aliphatic hydroxyl groups is 1. The van der Waals surface area contributed by atoms with E-state index in [-0.39, 0.29) is 6.10 Å². The van der Waals surface area contributed by atoms with E-state index in [0.717, 1.165) is 28.3 Å². The molecule has 0 radical (unpaired) electrons. The summed E-state index contributed by atoms with van der Waals surface area (Å²) in [5, 5.41) is 14.8. The second kappa shape index (κ2) is 6.98. The second-order valence-corrected chi connectivity index (χ2v) is 6.01. The zero-order valence-corrected chi connectivity index (χ0v) is 12.4. The van der Waals surface area contributed by atoms with Gasteiger partial charge >= 0.3 is 0 Å². The SMILES string of the molecule is Cn1cc(CCC(O)CSc2ccc(Cl)cc2)cn1. The van der Waals surface area contributed by atoms with Crippen molar-refractivity contribution in [2.24, 2.45) is 7.05 Å². The monoisotopic (exact) mass is 296 g/mol. The summed E-state index contributed by atoms with van der Waals surface area (Å²) in [4.78, 5) is 1.13. The molecule has 19 heavy (non-hydrogen) atoms. The number of thioether (sulfide) groups is 1. The molecule has 0 saturated heterocycles. The van der Waals surface area contributed by atoms with Crippen LogP contribution in [-0.4, -0.2) is 26.7 Å². The lowest BCUT2D eigenvalue weighted by Gasteiger charge is -2.09. The second-order valence-electron chi connectivity index (χ2n) is 4.48. The summed E-state index contributed by atoms with van der Waals surface area (Å²) >= 11 is 7.48. The average Bonchev–Trinajstić information content (AvgIpc) is 2.81. The Bertz CT molecular complexity index is 512. The lowest BCUT2D eigenvalue weighted by molar-refractivity contribution is 0.189.